The highest BCUT2D eigenvalue weighted by atomic mass is 32.2. The van der Waals surface area contributed by atoms with Crippen LogP contribution in [0.15, 0.2) is 41.3 Å². The number of carbonyl (C=O) groups is 1. The van der Waals surface area contributed by atoms with Gasteiger partial charge in [-0.2, -0.15) is 4.31 Å². The van der Waals surface area contributed by atoms with E-state index in [9.17, 15) is 13.2 Å². The maximum atomic E-state index is 12.9. The average Bonchev–Trinajstić information content (AvgIpc) is 2.64. The highest BCUT2D eigenvalue weighted by Gasteiger charge is 2.27. The Balaban J connectivity index is 2.43. The number of carbonyl (C=O) groups excluding carboxylic acids is 1. The quantitative estimate of drug-likeness (QED) is 0.533. The van der Waals surface area contributed by atoms with Gasteiger partial charge in [0, 0.05) is 13.1 Å². The van der Waals surface area contributed by atoms with E-state index in [-0.39, 0.29) is 16.2 Å². The monoisotopic (exact) mass is 391 g/mol. The Bertz CT molecular complexity index is 933. The molecule has 0 saturated carbocycles. The Labute approximate surface area is 160 Å². The summed E-state index contributed by atoms with van der Waals surface area (Å²) >= 11 is 0. The lowest BCUT2D eigenvalue weighted by Gasteiger charge is -2.20. The molecular weight excluding hydrogens is 366 g/mol. The lowest BCUT2D eigenvalue weighted by Crippen LogP contribution is -2.31. The summed E-state index contributed by atoms with van der Waals surface area (Å²) in [6, 6.07) is 9.74. The molecule has 146 valence electrons. The van der Waals surface area contributed by atoms with Crippen molar-refractivity contribution in [1.82, 2.24) is 4.31 Å². The Morgan fingerprint density at radius 2 is 1.63 bits per heavy atom. The summed E-state index contributed by atoms with van der Waals surface area (Å²) in [5.74, 6) is 0.000127. The summed E-state index contributed by atoms with van der Waals surface area (Å²) in [5.41, 5.74) is 2.03. The number of nitrogens with zero attached hydrogens (tertiary/aromatic N) is 1. The van der Waals surface area contributed by atoms with Gasteiger partial charge in [0.1, 0.15) is 16.4 Å². The third-order valence-electron chi connectivity index (χ3n) is 4.26. The highest BCUT2D eigenvalue weighted by Crippen LogP contribution is 2.29. The number of sulfonamides is 1. The van der Waals surface area contributed by atoms with Gasteiger partial charge in [0.15, 0.2) is 0 Å². The Morgan fingerprint density at radius 1 is 1.00 bits per heavy atom. The zero-order valence-corrected chi connectivity index (χ0v) is 17.1. The zero-order chi connectivity index (χ0) is 20.2. The molecule has 2 rings (SSSR count). The number of ether oxygens (including phenoxy) is 2. The van der Waals surface area contributed by atoms with Gasteiger partial charge in [0.05, 0.1) is 12.7 Å². The van der Waals surface area contributed by atoms with Gasteiger partial charge in [-0.1, -0.05) is 31.5 Å². The Kier molecular flexibility index (Phi) is 6.62. The third-order valence-corrected chi connectivity index (χ3v) is 6.33. The van der Waals surface area contributed by atoms with Crippen LogP contribution in [0.3, 0.4) is 0 Å². The van der Waals surface area contributed by atoms with Crippen molar-refractivity contribution < 1.29 is 22.7 Å². The maximum Gasteiger partial charge on any atom is 0.343 e. The van der Waals surface area contributed by atoms with Gasteiger partial charge in [-0.05, 0) is 43.7 Å². The van der Waals surface area contributed by atoms with E-state index >= 15 is 0 Å². The number of aryl methyl sites for hydroxylation is 2. The van der Waals surface area contributed by atoms with Gasteiger partial charge in [0.2, 0.25) is 10.0 Å². The average molecular weight is 391 g/mol. The number of methoxy groups -OCH3 is 1. The van der Waals surface area contributed by atoms with Gasteiger partial charge >= 0.3 is 5.97 Å². The Hall–Kier alpha value is -2.38. The fraction of sp³-hybridized carbons (Fsp3) is 0.350. The van der Waals surface area contributed by atoms with Gasteiger partial charge in [-0.3, -0.25) is 0 Å². The molecule has 0 atom stereocenters. The molecule has 6 nitrogen and oxygen atoms in total. The third kappa shape index (κ3) is 4.48. The molecular formula is C20H25NO5S. The second kappa shape index (κ2) is 8.54. The highest BCUT2D eigenvalue weighted by molar-refractivity contribution is 7.89. The summed E-state index contributed by atoms with van der Waals surface area (Å²) in [4.78, 5) is 12.5. The topological polar surface area (TPSA) is 72.9 Å². The first-order valence-corrected chi connectivity index (χ1v) is 10.2. The van der Waals surface area contributed by atoms with Crippen LogP contribution in [0.25, 0.3) is 0 Å². The number of hydrogen-bond donors (Lipinski definition) is 0. The van der Waals surface area contributed by atoms with Gasteiger partial charge in [-0.15, -0.1) is 0 Å². The zero-order valence-electron chi connectivity index (χ0n) is 16.3. The van der Waals surface area contributed by atoms with Crippen LogP contribution in [0, 0.1) is 13.8 Å². The molecule has 0 saturated heterocycles. The molecule has 27 heavy (non-hydrogen) atoms. The summed E-state index contributed by atoms with van der Waals surface area (Å²) in [6.07, 6.45) is 0. The molecule has 2 aromatic carbocycles. The predicted octanol–water partition coefficient (Wildman–Crippen LogP) is 3.56. The first kappa shape index (κ1) is 20.9. The summed E-state index contributed by atoms with van der Waals surface area (Å²) in [5, 5.41) is 0. The molecule has 0 unspecified atom stereocenters. The van der Waals surface area contributed by atoms with E-state index in [0.29, 0.717) is 18.8 Å². The molecule has 0 radical (unpaired) electrons. The molecule has 7 heteroatoms. The lowest BCUT2D eigenvalue weighted by atomic mass is 10.1. The maximum absolute atomic E-state index is 12.9. The van der Waals surface area contributed by atoms with E-state index in [0.717, 1.165) is 11.1 Å². The van der Waals surface area contributed by atoms with Crippen molar-refractivity contribution >= 4 is 16.0 Å². The summed E-state index contributed by atoms with van der Waals surface area (Å²) < 4.78 is 37.7. The molecule has 2 aromatic rings. The fourth-order valence-corrected chi connectivity index (χ4v) is 4.42. The van der Waals surface area contributed by atoms with Crippen molar-refractivity contribution in [2.75, 3.05) is 20.2 Å². The minimum Gasteiger partial charge on any atom is -0.495 e. The lowest BCUT2D eigenvalue weighted by molar-refractivity contribution is 0.0733. The molecule has 0 aromatic heterocycles. The van der Waals surface area contributed by atoms with Gasteiger partial charge < -0.3 is 9.47 Å². The number of rotatable bonds is 7. The van der Waals surface area contributed by atoms with Crippen LogP contribution in [0.2, 0.25) is 0 Å². The van der Waals surface area contributed by atoms with Crippen molar-refractivity contribution in [3.63, 3.8) is 0 Å². The van der Waals surface area contributed by atoms with Crippen LogP contribution in [-0.4, -0.2) is 38.9 Å². The second-order valence-electron chi connectivity index (χ2n) is 6.11. The first-order chi connectivity index (χ1) is 12.7. The number of benzene rings is 2. The van der Waals surface area contributed by atoms with Crippen LogP contribution < -0.4 is 9.47 Å². The van der Waals surface area contributed by atoms with Crippen LogP contribution in [0.1, 0.15) is 35.3 Å². The largest absolute Gasteiger partial charge is 0.495 e. The smallest absolute Gasteiger partial charge is 0.343 e. The minimum absolute atomic E-state index is 0.0521. The van der Waals surface area contributed by atoms with E-state index in [4.69, 9.17) is 9.47 Å². The van der Waals surface area contributed by atoms with Crippen molar-refractivity contribution in [3.05, 3.63) is 53.1 Å². The van der Waals surface area contributed by atoms with E-state index in [2.05, 4.69) is 0 Å². The second-order valence-corrected chi connectivity index (χ2v) is 8.02. The molecule has 0 N–H and O–H groups in total. The van der Waals surface area contributed by atoms with Crippen molar-refractivity contribution in [1.29, 1.82) is 0 Å². The Morgan fingerprint density at radius 3 is 2.19 bits per heavy atom. The van der Waals surface area contributed by atoms with E-state index in [1.54, 1.807) is 19.9 Å². The SMILES string of the molecule is CCN(CC)S(=O)(=O)c1cc(C(=O)Oc2ccc(C)cc2C)ccc1OC. The van der Waals surface area contributed by atoms with E-state index < -0.39 is 16.0 Å². The van der Waals surface area contributed by atoms with Crippen LogP contribution >= 0.6 is 0 Å². The van der Waals surface area contributed by atoms with Gasteiger partial charge in [0.25, 0.3) is 0 Å². The normalized spacial score (nSPS) is 11.5. The molecule has 0 fully saturated rings. The first-order valence-electron chi connectivity index (χ1n) is 8.72. The molecule has 0 bridgehead atoms. The molecule has 0 spiro atoms. The standard InChI is InChI=1S/C20H25NO5S/c1-6-21(7-2)27(23,24)19-13-16(9-11-18(19)25-5)20(22)26-17-10-8-14(3)12-15(17)4/h8-13H,6-7H2,1-5H3. The van der Waals surface area contributed by atoms with Crippen molar-refractivity contribution in [2.45, 2.75) is 32.6 Å². The molecule has 0 aliphatic rings. The molecule has 0 amide bonds. The van der Waals surface area contributed by atoms with Crippen LogP contribution in [0.4, 0.5) is 0 Å². The van der Waals surface area contributed by atoms with Gasteiger partial charge in [-0.25, -0.2) is 13.2 Å². The number of esters is 1. The minimum atomic E-state index is -3.79. The van der Waals surface area contributed by atoms with Crippen LogP contribution in [0.5, 0.6) is 11.5 Å². The number of hydrogen-bond acceptors (Lipinski definition) is 5. The van der Waals surface area contributed by atoms with Crippen LogP contribution in [-0.2, 0) is 10.0 Å². The fourth-order valence-electron chi connectivity index (χ4n) is 2.78. The molecule has 0 aliphatic heterocycles. The molecule has 0 heterocycles. The van der Waals surface area contributed by atoms with E-state index in [1.807, 2.05) is 26.0 Å². The van der Waals surface area contributed by atoms with Crippen molar-refractivity contribution in [2.24, 2.45) is 0 Å². The summed E-state index contributed by atoms with van der Waals surface area (Å²) in [7, 11) is -2.39. The molecule has 0 aliphatic carbocycles. The van der Waals surface area contributed by atoms with Crippen molar-refractivity contribution in [3.8, 4) is 11.5 Å². The summed E-state index contributed by atoms with van der Waals surface area (Å²) in [6.45, 7) is 7.95. The predicted molar refractivity (Wildman–Crippen MR) is 104 cm³/mol. The van der Waals surface area contributed by atoms with E-state index in [1.165, 1.54) is 29.6 Å².